The lowest BCUT2D eigenvalue weighted by atomic mass is 9.95. The van der Waals surface area contributed by atoms with Crippen molar-refractivity contribution in [3.8, 4) is 0 Å². The minimum absolute atomic E-state index is 0.183. The summed E-state index contributed by atoms with van der Waals surface area (Å²) in [5.74, 6) is 1.01. The van der Waals surface area contributed by atoms with Crippen LogP contribution in [0.4, 0.5) is 0 Å². The van der Waals surface area contributed by atoms with Gasteiger partial charge in [0.25, 0.3) is 0 Å². The lowest BCUT2D eigenvalue weighted by Crippen LogP contribution is -2.48. The molecule has 0 spiro atoms. The third-order valence-electron chi connectivity index (χ3n) is 5.86. The predicted octanol–water partition coefficient (Wildman–Crippen LogP) is 2.12. The Balaban J connectivity index is 1.45. The molecule has 1 saturated carbocycles. The molecule has 0 N–H and O–H groups in total. The largest absolute Gasteiger partial charge is 0.375 e. The Labute approximate surface area is 143 Å². The lowest BCUT2D eigenvalue weighted by molar-refractivity contribution is -0.103. The van der Waals surface area contributed by atoms with Crippen LogP contribution in [0.15, 0.2) is 0 Å². The van der Waals surface area contributed by atoms with E-state index in [-0.39, 0.29) is 18.2 Å². The van der Waals surface area contributed by atoms with Gasteiger partial charge in [-0.25, -0.2) is 4.68 Å². The maximum absolute atomic E-state index is 5.98. The summed E-state index contributed by atoms with van der Waals surface area (Å²) in [4.78, 5) is 2.46. The molecule has 4 rings (SSSR count). The number of tetrazole rings is 1. The summed E-state index contributed by atoms with van der Waals surface area (Å²) in [6.45, 7) is 5.70. The van der Waals surface area contributed by atoms with Crippen molar-refractivity contribution in [3.63, 3.8) is 0 Å². The van der Waals surface area contributed by atoms with Crippen LogP contribution in [0.2, 0.25) is 0 Å². The van der Waals surface area contributed by atoms with Gasteiger partial charge in [-0.15, -0.1) is 5.10 Å². The van der Waals surface area contributed by atoms with Crippen LogP contribution in [0.5, 0.6) is 0 Å². The molecule has 1 aromatic heterocycles. The molecular weight excluding hydrogens is 306 g/mol. The van der Waals surface area contributed by atoms with E-state index in [4.69, 9.17) is 9.47 Å². The quantitative estimate of drug-likeness (QED) is 0.840. The van der Waals surface area contributed by atoms with Crippen molar-refractivity contribution >= 4 is 0 Å². The fourth-order valence-electron chi connectivity index (χ4n) is 4.39. The number of rotatable bonds is 4. The van der Waals surface area contributed by atoms with Crippen molar-refractivity contribution in [1.82, 2.24) is 25.1 Å². The number of ether oxygens (including phenoxy) is 2. The number of aromatic nitrogens is 4. The number of hydrogen-bond donors (Lipinski definition) is 0. The summed E-state index contributed by atoms with van der Waals surface area (Å²) in [6.07, 6.45) is 9.03. The molecule has 2 aliphatic heterocycles. The molecule has 3 heterocycles. The Morgan fingerprint density at radius 1 is 1.00 bits per heavy atom. The second-order valence-corrected chi connectivity index (χ2v) is 7.41. The van der Waals surface area contributed by atoms with Crippen LogP contribution in [0, 0.1) is 0 Å². The smallest absolute Gasteiger partial charge is 0.168 e. The topological polar surface area (TPSA) is 65.3 Å². The molecule has 24 heavy (non-hydrogen) atoms. The van der Waals surface area contributed by atoms with Crippen LogP contribution in [-0.4, -0.2) is 63.6 Å². The van der Waals surface area contributed by atoms with Crippen molar-refractivity contribution < 1.29 is 9.47 Å². The molecule has 0 bridgehead atoms. The van der Waals surface area contributed by atoms with Crippen molar-refractivity contribution in [1.29, 1.82) is 0 Å². The lowest BCUT2D eigenvalue weighted by Gasteiger charge is -2.38. The van der Waals surface area contributed by atoms with Gasteiger partial charge in [0, 0.05) is 19.7 Å². The SMILES string of the molecule is C[C@H](c1nnnn1C1CCCCC1)N1CCO[C@@H]([C@@H]2CCCO2)C1. The van der Waals surface area contributed by atoms with E-state index >= 15 is 0 Å². The molecule has 2 saturated heterocycles. The van der Waals surface area contributed by atoms with Crippen molar-refractivity contribution in [2.75, 3.05) is 26.3 Å². The average Bonchev–Trinajstić information content (AvgIpc) is 3.34. The van der Waals surface area contributed by atoms with Gasteiger partial charge in [0.15, 0.2) is 5.82 Å². The van der Waals surface area contributed by atoms with E-state index in [1.807, 2.05) is 0 Å². The molecule has 7 nitrogen and oxygen atoms in total. The Bertz CT molecular complexity index is 525. The van der Waals surface area contributed by atoms with E-state index in [1.165, 1.54) is 32.1 Å². The molecule has 3 aliphatic rings. The molecule has 0 radical (unpaired) electrons. The second-order valence-electron chi connectivity index (χ2n) is 7.41. The van der Waals surface area contributed by atoms with Gasteiger partial charge in [-0.1, -0.05) is 19.3 Å². The van der Waals surface area contributed by atoms with Crippen molar-refractivity contribution in [2.24, 2.45) is 0 Å². The van der Waals surface area contributed by atoms with Gasteiger partial charge in [0.2, 0.25) is 0 Å². The van der Waals surface area contributed by atoms with Gasteiger partial charge in [0.05, 0.1) is 30.9 Å². The summed E-state index contributed by atoms with van der Waals surface area (Å²) < 4.78 is 13.9. The number of morpholine rings is 1. The fourth-order valence-corrected chi connectivity index (χ4v) is 4.39. The highest BCUT2D eigenvalue weighted by atomic mass is 16.5. The minimum Gasteiger partial charge on any atom is -0.375 e. The Morgan fingerprint density at radius 3 is 2.62 bits per heavy atom. The summed E-state index contributed by atoms with van der Waals surface area (Å²) in [6, 6.07) is 0.691. The molecule has 3 atom stereocenters. The number of nitrogens with zero attached hydrogens (tertiary/aromatic N) is 5. The molecule has 0 aromatic carbocycles. The first-order valence-corrected chi connectivity index (χ1v) is 9.58. The van der Waals surface area contributed by atoms with Gasteiger partial charge in [-0.2, -0.15) is 0 Å². The minimum atomic E-state index is 0.183. The van der Waals surface area contributed by atoms with Gasteiger partial charge in [0.1, 0.15) is 0 Å². The van der Waals surface area contributed by atoms with Gasteiger partial charge >= 0.3 is 0 Å². The monoisotopic (exact) mass is 335 g/mol. The van der Waals surface area contributed by atoms with E-state index < -0.39 is 0 Å². The molecule has 134 valence electrons. The van der Waals surface area contributed by atoms with E-state index in [9.17, 15) is 0 Å². The molecule has 1 aliphatic carbocycles. The van der Waals surface area contributed by atoms with Gasteiger partial charge in [-0.3, -0.25) is 4.90 Å². The van der Waals surface area contributed by atoms with Crippen LogP contribution in [0.1, 0.15) is 69.8 Å². The van der Waals surface area contributed by atoms with Gasteiger partial charge in [-0.05, 0) is 43.0 Å². The third kappa shape index (κ3) is 3.34. The normalized spacial score (nSPS) is 31.4. The summed E-state index contributed by atoms with van der Waals surface area (Å²) in [7, 11) is 0. The molecule has 3 fully saturated rings. The zero-order valence-electron chi connectivity index (χ0n) is 14.6. The third-order valence-corrected chi connectivity index (χ3v) is 5.86. The van der Waals surface area contributed by atoms with Crippen LogP contribution in [-0.2, 0) is 9.47 Å². The first-order chi connectivity index (χ1) is 11.8. The van der Waals surface area contributed by atoms with E-state index in [0.717, 1.165) is 45.0 Å². The summed E-state index contributed by atoms with van der Waals surface area (Å²) >= 11 is 0. The molecule has 1 aromatic rings. The Kier molecular flexibility index (Phi) is 5.10. The first-order valence-electron chi connectivity index (χ1n) is 9.58. The van der Waals surface area contributed by atoms with Crippen LogP contribution < -0.4 is 0 Å². The van der Waals surface area contributed by atoms with Gasteiger partial charge < -0.3 is 9.47 Å². The summed E-state index contributed by atoms with van der Waals surface area (Å²) in [5.41, 5.74) is 0. The number of hydrogen-bond acceptors (Lipinski definition) is 6. The van der Waals surface area contributed by atoms with Crippen molar-refractivity contribution in [2.45, 2.75) is 76.2 Å². The maximum atomic E-state index is 5.98. The van der Waals surface area contributed by atoms with E-state index in [0.29, 0.717) is 6.04 Å². The van der Waals surface area contributed by atoms with Crippen LogP contribution in [0.3, 0.4) is 0 Å². The highest BCUT2D eigenvalue weighted by Crippen LogP contribution is 2.31. The maximum Gasteiger partial charge on any atom is 0.168 e. The Hall–Kier alpha value is -1.05. The van der Waals surface area contributed by atoms with Crippen LogP contribution in [0.25, 0.3) is 0 Å². The zero-order valence-corrected chi connectivity index (χ0v) is 14.6. The zero-order chi connectivity index (χ0) is 16.4. The summed E-state index contributed by atoms with van der Waals surface area (Å²) in [5, 5.41) is 12.7. The second kappa shape index (κ2) is 7.45. The fraction of sp³-hybridized carbons (Fsp3) is 0.941. The van der Waals surface area contributed by atoms with E-state index in [2.05, 4.69) is 32.0 Å². The average molecular weight is 335 g/mol. The van der Waals surface area contributed by atoms with E-state index in [1.54, 1.807) is 0 Å². The molecule has 0 amide bonds. The first kappa shape index (κ1) is 16.4. The predicted molar refractivity (Wildman–Crippen MR) is 88.6 cm³/mol. The molecular formula is C17H29N5O2. The highest BCUT2D eigenvalue weighted by Gasteiger charge is 2.34. The van der Waals surface area contributed by atoms with Crippen LogP contribution >= 0.6 is 0 Å². The Morgan fingerprint density at radius 2 is 1.83 bits per heavy atom. The molecule has 0 unspecified atom stereocenters. The standard InChI is InChI=1S/C17H29N5O2/c1-13(17-18-19-20-22(17)14-6-3-2-4-7-14)21-9-11-24-16(12-21)15-8-5-10-23-15/h13-16H,2-12H2,1H3/t13-,15+,16-/m1/s1. The van der Waals surface area contributed by atoms with Crippen molar-refractivity contribution in [3.05, 3.63) is 5.82 Å². The molecule has 7 heteroatoms. The highest BCUT2D eigenvalue weighted by molar-refractivity contribution is 4.96.